The largest absolute Gasteiger partial charge is 0.478 e. The summed E-state index contributed by atoms with van der Waals surface area (Å²) in [6.45, 7) is 0. The summed E-state index contributed by atoms with van der Waals surface area (Å²) < 4.78 is 48.8. The van der Waals surface area contributed by atoms with Crippen molar-refractivity contribution in [2.45, 2.75) is 6.18 Å². The molecule has 0 spiro atoms. The first-order valence-electron chi connectivity index (χ1n) is 6.09. The summed E-state index contributed by atoms with van der Waals surface area (Å²) >= 11 is 0. The minimum absolute atomic E-state index is 0.262. The molecule has 1 aromatic carbocycles. The van der Waals surface area contributed by atoms with Gasteiger partial charge < -0.3 is 15.2 Å². The topological polar surface area (TPSA) is 140 Å². The van der Waals surface area contributed by atoms with Gasteiger partial charge in [-0.15, -0.1) is 0 Å². The second-order valence-corrected chi connectivity index (χ2v) is 4.29. The first-order valence-corrected chi connectivity index (χ1v) is 6.09. The highest BCUT2D eigenvalue weighted by atomic mass is 19.4. The first kappa shape index (κ1) is 19.6. The Balaban J connectivity index is 0.000000257. The maximum absolute atomic E-state index is 12.6. The van der Waals surface area contributed by atoms with Crippen LogP contribution in [0.15, 0.2) is 34.0 Å². The molecule has 0 aliphatic rings. The van der Waals surface area contributed by atoms with Crippen LogP contribution in [0.1, 0.15) is 26.3 Å². The summed E-state index contributed by atoms with van der Waals surface area (Å²) in [7, 11) is 0. The molecule has 1 heterocycles. The minimum Gasteiger partial charge on any atom is -0.478 e. The van der Waals surface area contributed by atoms with E-state index in [-0.39, 0.29) is 6.07 Å². The fourth-order valence-electron chi connectivity index (χ4n) is 1.44. The monoisotopic (exact) mass is 364 g/mol. The van der Waals surface area contributed by atoms with Crippen LogP contribution in [0.4, 0.5) is 17.6 Å². The second kappa shape index (κ2) is 7.42. The smallest absolute Gasteiger partial charge is 0.419 e. The molecule has 0 aliphatic heterocycles. The number of rotatable bonds is 2. The molecule has 8 nitrogen and oxygen atoms in total. The molecule has 0 aliphatic carbocycles. The number of H-pyrrole nitrogens is 2. The Morgan fingerprint density at radius 3 is 2.08 bits per heavy atom. The lowest BCUT2D eigenvalue weighted by atomic mass is 10.1. The van der Waals surface area contributed by atoms with Gasteiger partial charge in [-0.1, -0.05) is 0 Å². The molecule has 0 saturated heterocycles. The van der Waals surface area contributed by atoms with Gasteiger partial charge >= 0.3 is 23.8 Å². The highest BCUT2D eigenvalue weighted by Crippen LogP contribution is 2.31. The van der Waals surface area contributed by atoms with Gasteiger partial charge in [0.25, 0.3) is 5.56 Å². The summed E-state index contributed by atoms with van der Waals surface area (Å²) in [5.41, 5.74) is -4.28. The van der Waals surface area contributed by atoms with E-state index < -0.39 is 51.9 Å². The van der Waals surface area contributed by atoms with Gasteiger partial charge in [0.05, 0.1) is 11.1 Å². The Bertz CT molecular complexity index is 916. The van der Waals surface area contributed by atoms with Crippen LogP contribution in [-0.4, -0.2) is 32.1 Å². The summed E-state index contributed by atoms with van der Waals surface area (Å²) in [4.78, 5) is 45.3. The first-order chi connectivity index (χ1) is 11.4. The SMILES string of the molecule is O=C(O)c1c[nH]c(=O)[nH]c1=O.O=C(O)c1ccc(F)c(C(F)(F)F)c1. The third-order valence-corrected chi connectivity index (χ3v) is 2.57. The van der Waals surface area contributed by atoms with Gasteiger partial charge in [0, 0.05) is 6.20 Å². The van der Waals surface area contributed by atoms with Crippen LogP contribution in [0.25, 0.3) is 0 Å². The molecule has 0 unspecified atom stereocenters. The van der Waals surface area contributed by atoms with E-state index >= 15 is 0 Å². The maximum Gasteiger partial charge on any atom is 0.419 e. The maximum atomic E-state index is 12.6. The Morgan fingerprint density at radius 1 is 1.04 bits per heavy atom. The van der Waals surface area contributed by atoms with Gasteiger partial charge in [0.15, 0.2) is 0 Å². The van der Waals surface area contributed by atoms with Crippen LogP contribution in [0.3, 0.4) is 0 Å². The Hall–Kier alpha value is -3.44. The zero-order chi connectivity index (χ0) is 19.4. The lowest BCUT2D eigenvalue weighted by Crippen LogP contribution is -2.26. The van der Waals surface area contributed by atoms with Gasteiger partial charge in [-0.3, -0.25) is 9.78 Å². The van der Waals surface area contributed by atoms with Crippen LogP contribution in [-0.2, 0) is 6.18 Å². The highest BCUT2D eigenvalue weighted by Gasteiger charge is 2.34. The number of carbonyl (C=O) groups is 2. The average molecular weight is 364 g/mol. The predicted molar refractivity (Wildman–Crippen MR) is 73.0 cm³/mol. The zero-order valence-electron chi connectivity index (χ0n) is 11.8. The van der Waals surface area contributed by atoms with Crippen molar-refractivity contribution in [1.82, 2.24) is 9.97 Å². The number of hydrogen-bond donors (Lipinski definition) is 4. The summed E-state index contributed by atoms with van der Waals surface area (Å²) in [6.07, 6.45) is -4.03. The van der Waals surface area contributed by atoms with E-state index in [0.29, 0.717) is 6.07 Å². The van der Waals surface area contributed by atoms with Crippen LogP contribution < -0.4 is 11.2 Å². The van der Waals surface area contributed by atoms with Crippen molar-refractivity contribution in [2.75, 3.05) is 0 Å². The number of carboxylic acids is 2. The van der Waals surface area contributed by atoms with E-state index in [9.17, 15) is 36.7 Å². The number of halogens is 4. The van der Waals surface area contributed by atoms with E-state index in [0.717, 1.165) is 12.3 Å². The average Bonchev–Trinajstić information content (AvgIpc) is 2.46. The number of hydrogen-bond acceptors (Lipinski definition) is 4. The third kappa shape index (κ3) is 5.30. The predicted octanol–water partition coefficient (Wildman–Crippen LogP) is 1.30. The molecule has 2 rings (SSSR count). The summed E-state index contributed by atoms with van der Waals surface area (Å²) in [5.74, 6) is -4.39. The van der Waals surface area contributed by atoms with E-state index in [1.165, 1.54) is 0 Å². The standard InChI is InChI=1S/C8H4F4O2.C5H4N2O4/c9-6-2-1-4(7(13)14)3-5(6)8(10,11)12;8-3-2(4(9)10)1-6-5(11)7-3/h1-3H,(H,13,14);1H,(H,9,10)(H2,6,7,8,11). The van der Waals surface area contributed by atoms with Gasteiger partial charge in [0.2, 0.25) is 0 Å². The van der Waals surface area contributed by atoms with Crippen LogP contribution in [0.5, 0.6) is 0 Å². The molecule has 0 radical (unpaired) electrons. The van der Waals surface area contributed by atoms with Crippen molar-refractivity contribution in [1.29, 1.82) is 0 Å². The van der Waals surface area contributed by atoms with Crippen LogP contribution in [0, 0.1) is 5.82 Å². The third-order valence-electron chi connectivity index (χ3n) is 2.57. The van der Waals surface area contributed by atoms with Gasteiger partial charge in [-0.25, -0.2) is 18.8 Å². The number of carboxylic acid groups (broad SMARTS) is 2. The molecular weight excluding hydrogens is 356 g/mol. The lowest BCUT2D eigenvalue weighted by Gasteiger charge is -2.07. The molecule has 2 aromatic rings. The van der Waals surface area contributed by atoms with E-state index in [4.69, 9.17) is 10.2 Å². The number of benzene rings is 1. The van der Waals surface area contributed by atoms with Gasteiger partial charge in [0.1, 0.15) is 11.4 Å². The highest BCUT2D eigenvalue weighted by molar-refractivity contribution is 5.87. The van der Waals surface area contributed by atoms with Crippen molar-refractivity contribution < 1.29 is 37.4 Å². The molecule has 0 fully saturated rings. The van der Waals surface area contributed by atoms with Crippen molar-refractivity contribution in [2.24, 2.45) is 0 Å². The normalized spacial score (nSPS) is 10.6. The molecule has 1 aromatic heterocycles. The number of aromatic amines is 2. The molecule has 0 bridgehead atoms. The van der Waals surface area contributed by atoms with Crippen molar-refractivity contribution in [3.63, 3.8) is 0 Å². The van der Waals surface area contributed by atoms with Crippen LogP contribution >= 0.6 is 0 Å². The molecule has 0 saturated carbocycles. The molecule has 12 heteroatoms. The molecule has 134 valence electrons. The lowest BCUT2D eigenvalue weighted by molar-refractivity contribution is -0.140. The fourth-order valence-corrected chi connectivity index (χ4v) is 1.44. The Morgan fingerprint density at radius 2 is 1.64 bits per heavy atom. The minimum atomic E-state index is -4.88. The van der Waals surface area contributed by atoms with Gasteiger partial charge in [-0.2, -0.15) is 13.2 Å². The summed E-state index contributed by atoms with van der Waals surface area (Å²) in [5, 5.41) is 16.7. The van der Waals surface area contributed by atoms with Crippen molar-refractivity contribution >= 4 is 11.9 Å². The molecule has 0 atom stereocenters. The molecule has 0 amide bonds. The van der Waals surface area contributed by atoms with Crippen molar-refractivity contribution in [3.05, 3.63) is 67.7 Å². The van der Waals surface area contributed by atoms with Crippen LogP contribution in [0.2, 0.25) is 0 Å². The number of nitrogens with one attached hydrogen (secondary N) is 2. The van der Waals surface area contributed by atoms with E-state index in [1.807, 2.05) is 4.98 Å². The second-order valence-electron chi connectivity index (χ2n) is 4.29. The van der Waals surface area contributed by atoms with E-state index in [1.54, 1.807) is 4.98 Å². The Kier molecular flexibility index (Phi) is 5.82. The Labute approximate surface area is 134 Å². The van der Waals surface area contributed by atoms with Crippen molar-refractivity contribution in [3.8, 4) is 0 Å². The quantitative estimate of drug-likeness (QED) is 0.592. The van der Waals surface area contributed by atoms with E-state index in [2.05, 4.69) is 0 Å². The number of aromatic carboxylic acids is 2. The number of aromatic nitrogens is 2. The molecular formula is C13H8F4N2O6. The number of alkyl halides is 3. The zero-order valence-corrected chi connectivity index (χ0v) is 11.8. The fraction of sp³-hybridized carbons (Fsp3) is 0.0769. The molecule has 4 N–H and O–H groups in total. The van der Waals surface area contributed by atoms with Gasteiger partial charge in [-0.05, 0) is 18.2 Å². The molecule has 25 heavy (non-hydrogen) atoms. The summed E-state index contributed by atoms with van der Waals surface area (Å²) in [6, 6.07) is 1.51.